The number of nitrogens with zero attached hydrogens (tertiary/aromatic N) is 3. The third kappa shape index (κ3) is 3.30. The van der Waals surface area contributed by atoms with Gasteiger partial charge in [-0.1, -0.05) is 13.8 Å². The SMILES string of the molecule is CC(C)CN(CC(=O)O)C(=O)c1ccc2c(c1)N=S=N2. The Morgan fingerprint density at radius 3 is 2.65 bits per heavy atom. The average Bonchev–Trinajstić information content (AvgIpc) is 2.83. The van der Waals surface area contributed by atoms with E-state index >= 15 is 0 Å². The number of amides is 1. The van der Waals surface area contributed by atoms with Gasteiger partial charge in [0.25, 0.3) is 5.91 Å². The van der Waals surface area contributed by atoms with Crippen LogP contribution in [0.5, 0.6) is 0 Å². The van der Waals surface area contributed by atoms with E-state index < -0.39 is 5.97 Å². The zero-order valence-corrected chi connectivity index (χ0v) is 12.1. The highest BCUT2D eigenvalue weighted by Crippen LogP contribution is 2.32. The van der Waals surface area contributed by atoms with Crippen LogP contribution in [0.1, 0.15) is 24.2 Å². The Balaban J connectivity index is 2.22. The summed E-state index contributed by atoms with van der Waals surface area (Å²) in [6.45, 7) is 3.98. The van der Waals surface area contributed by atoms with Crippen molar-refractivity contribution in [2.45, 2.75) is 13.8 Å². The van der Waals surface area contributed by atoms with Crippen LogP contribution >= 0.6 is 0 Å². The molecule has 1 amide bonds. The highest BCUT2D eigenvalue weighted by molar-refractivity contribution is 7.58. The van der Waals surface area contributed by atoms with Crippen LogP contribution in [-0.2, 0) is 16.1 Å². The number of aliphatic carboxylic acids is 1. The van der Waals surface area contributed by atoms with Gasteiger partial charge in [0.1, 0.15) is 17.9 Å². The lowest BCUT2D eigenvalue weighted by Gasteiger charge is -2.22. The number of rotatable bonds is 5. The summed E-state index contributed by atoms with van der Waals surface area (Å²) in [7, 11) is 0. The van der Waals surface area contributed by atoms with Crippen molar-refractivity contribution in [2.75, 3.05) is 13.1 Å². The number of fused-ring (bicyclic) bond motifs is 1. The first-order valence-corrected chi connectivity index (χ1v) is 6.94. The Labute approximate surface area is 120 Å². The van der Waals surface area contributed by atoms with E-state index in [-0.39, 0.29) is 18.4 Å². The molecule has 0 saturated heterocycles. The number of hydrogen-bond donors (Lipinski definition) is 1. The van der Waals surface area contributed by atoms with Gasteiger partial charge in [0.2, 0.25) is 0 Å². The lowest BCUT2D eigenvalue weighted by Crippen LogP contribution is -2.38. The third-order valence-electron chi connectivity index (χ3n) is 2.70. The summed E-state index contributed by atoms with van der Waals surface area (Å²) in [5.41, 5.74) is 1.83. The molecule has 1 N–H and O–H groups in total. The second-order valence-corrected chi connectivity index (χ2v) is 5.47. The van der Waals surface area contributed by atoms with Crippen LogP contribution < -0.4 is 0 Å². The van der Waals surface area contributed by atoms with Crippen LogP contribution in [-0.4, -0.2) is 35.0 Å². The van der Waals surface area contributed by atoms with Crippen molar-refractivity contribution in [3.8, 4) is 0 Å². The van der Waals surface area contributed by atoms with Gasteiger partial charge in [-0.3, -0.25) is 9.59 Å². The maximum Gasteiger partial charge on any atom is 0.323 e. The maximum atomic E-state index is 12.4. The van der Waals surface area contributed by atoms with Crippen molar-refractivity contribution >= 4 is 34.6 Å². The predicted octanol–water partition coefficient (Wildman–Crippen LogP) is 2.60. The second-order valence-electron chi connectivity index (χ2n) is 4.94. The average molecular weight is 293 g/mol. The van der Waals surface area contributed by atoms with Crippen LogP contribution in [0.4, 0.5) is 11.4 Å². The summed E-state index contributed by atoms with van der Waals surface area (Å²) in [6, 6.07) is 5.03. The summed E-state index contributed by atoms with van der Waals surface area (Å²) in [5.74, 6) is -1.12. The summed E-state index contributed by atoms with van der Waals surface area (Å²) in [6.07, 6.45) is 0. The number of carbonyl (C=O) groups excluding carboxylic acids is 1. The Bertz CT molecular complexity index is 621. The molecule has 1 aliphatic heterocycles. The number of carboxylic acids is 1. The Kier molecular flexibility index (Phi) is 4.29. The van der Waals surface area contributed by atoms with E-state index in [0.29, 0.717) is 17.8 Å². The molecule has 2 rings (SSSR count). The summed E-state index contributed by atoms with van der Waals surface area (Å²) in [5, 5.41) is 8.92. The first-order chi connectivity index (χ1) is 9.47. The zero-order valence-electron chi connectivity index (χ0n) is 11.2. The Morgan fingerprint density at radius 1 is 1.30 bits per heavy atom. The minimum absolute atomic E-state index is 0.197. The van der Waals surface area contributed by atoms with Crippen LogP contribution in [0, 0.1) is 5.92 Å². The lowest BCUT2D eigenvalue weighted by molar-refractivity contribution is -0.137. The van der Waals surface area contributed by atoms with Gasteiger partial charge < -0.3 is 10.0 Å². The van der Waals surface area contributed by atoms with E-state index in [2.05, 4.69) is 8.73 Å². The van der Waals surface area contributed by atoms with Crippen molar-refractivity contribution in [2.24, 2.45) is 14.6 Å². The molecule has 0 aliphatic carbocycles. The topological polar surface area (TPSA) is 82.3 Å². The smallest absolute Gasteiger partial charge is 0.323 e. The monoisotopic (exact) mass is 293 g/mol. The van der Waals surface area contributed by atoms with E-state index in [0.717, 1.165) is 17.0 Å². The van der Waals surface area contributed by atoms with Gasteiger partial charge in [0, 0.05) is 12.1 Å². The van der Waals surface area contributed by atoms with Crippen LogP contribution in [0.2, 0.25) is 0 Å². The summed E-state index contributed by atoms with van der Waals surface area (Å²) in [4.78, 5) is 24.6. The molecule has 1 aliphatic rings. The largest absolute Gasteiger partial charge is 0.480 e. The van der Waals surface area contributed by atoms with E-state index in [1.54, 1.807) is 18.2 Å². The van der Waals surface area contributed by atoms with Gasteiger partial charge in [-0.25, -0.2) is 0 Å². The minimum Gasteiger partial charge on any atom is -0.480 e. The molecular formula is C13H15N3O3S. The quantitative estimate of drug-likeness (QED) is 0.919. The molecule has 0 atom stereocenters. The van der Waals surface area contributed by atoms with E-state index in [9.17, 15) is 9.59 Å². The van der Waals surface area contributed by atoms with Crippen molar-refractivity contribution in [1.82, 2.24) is 4.90 Å². The highest BCUT2D eigenvalue weighted by Gasteiger charge is 2.20. The van der Waals surface area contributed by atoms with E-state index in [1.165, 1.54) is 4.90 Å². The minimum atomic E-state index is -1.02. The lowest BCUT2D eigenvalue weighted by atomic mass is 10.1. The number of carboxylic acid groups (broad SMARTS) is 1. The van der Waals surface area contributed by atoms with E-state index in [1.807, 2.05) is 13.8 Å². The van der Waals surface area contributed by atoms with Crippen LogP contribution in [0.15, 0.2) is 26.9 Å². The standard InChI is InChI=1S/C13H15N3O3S/c1-8(2)6-16(7-12(17)18)13(19)9-3-4-10-11(5-9)15-20-14-10/h3-5,8H,6-7H2,1-2H3,(H,17,18). The molecule has 7 heteroatoms. The molecule has 0 spiro atoms. The van der Waals surface area contributed by atoms with Crippen LogP contribution in [0.25, 0.3) is 0 Å². The van der Waals surface area contributed by atoms with Crippen molar-refractivity contribution < 1.29 is 14.7 Å². The molecule has 0 saturated carbocycles. The molecule has 6 nitrogen and oxygen atoms in total. The predicted molar refractivity (Wildman–Crippen MR) is 76.4 cm³/mol. The van der Waals surface area contributed by atoms with E-state index in [4.69, 9.17) is 5.11 Å². The second kappa shape index (κ2) is 5.96. The zero-order chi connectivity index (χ0) is 14.7. The highest BCUT2D eigenvalue weighted by atomic mass is 32.1. The molecular weight excluding hydrogens is 278 g/mol. The summed E-state index contributed by atoms with van der Waals surface area (Å²) >= 11 is 1.08. The van der Waals surface area contributed by atoms with Gasteiger partial charge >= 0.3 is 5.97 Å². The fourth-order valence-electron chi connectivity index (χ4n) is 1.92. The molecule has 0 radical (unpaired) electrons. The summed E-state index contributed by atoms with van der Waals surface area (Å²) < 4.78 is 8.16. The molecule has 0 aromatic heterocycles. The number of hydrogen-bond acceptors (Lipinski definition) is 4. The van der Waals surface area contributed by atoms with Gasteiger partial charge in [-0.15, -0.1) is 0 Å². The first kappa shape index (κ1) is 14.4. The number of benzene rings is 1. The normalized spacial score (nSPS) is 12.2. The molecule has 1 aromatic rings. The van der Waals surface area contributed by atoms with Crippen molar-refractivity contribution in [1.29, 1.82) is 0 Å². The fourth-order valence-corrected chi connectivity index (χ4v) is 2.44. The first-order valence-electron chi connectivity index (χ1n) is 6.20. The Morgan fingerprint density at radius 2 is 2.00 bits per heavy atom. The number of carbonyl (C=O) groups is 2. The van der Waals surface area contributed by atoms with Gasteiger partial charge in [-0.05, 0) is 24.1 Å². The molecule has 0 fully saturated rings. The Hall–Kier alpha value is -2.02. The molecule has 1 aromatic carbocycles. The fraction of sp³-hybridized carbons (Fsp3) is 0.385. The van der Waals surface area contributed by atoms with Gasteiger partial charge in [-0.2, -0.15) is 8.73 Å². The molecule has 20 heavy (non-hydrogen) atoms. The van der Waals surface area contributed by atoms with Gasteiger partial charge in [0.15, 0.2) is 0 Å². The maximum absolute atomic E-state index is 12.4. The van der Waals surface area contributed by atoms with Crippen molar-refractivity contribution in [3.63, 3.8) is 0 Å². The molecule has 1 heterocycles. The third-order valence-corrected chi connectivity index (χ3v) is 3.26. The molecule has 0 unspecified atom stereocenters. The van der Waals surface area contributed by atoms with Crippen LogP contribution in [0.3, 0.4) is 0 Å². The molecule has 0 bridgehead atoms. The van der Waals surface area contributed by atoms with Crippen molar-refractivity contribution in [3.05, 3.63) is 23.8 Å². The van der Waals surface area contributed by atoms with Gasteiger partial charge in [0.05, 0.1) is 11.4 Å². The molecule has 106 valence electrons.